The zero-order valence-corrected chi connectivity index (χ0v) is 18.7. The van der Waals surface area contributed by atoms with Crippen LogP contribution in [-0.4, -0.2) is 45.1 Å². The maximum atomic E-state index is 13.0. The van der Waals surface area contributed by atoms with Crippen LogP contribution in [0.1, 0.15) is 29.6 Å². The fraction of sp³-hybridized carbons (Fsp3) is 0.350. The number of carbonyl (C=O) groups excluding carboxylic acids is 1. The second-order valence-corrected chi connectivity index (χ2v) is 9.85. The summed E-state index contributed by atoms with van der Waals surface area (Å²) in [5, 5.41) is 3.06. The summed E-state index contributed by atoms with van der Waals surface area (Å²) in [5.41, 5.74) is 0.589. The SMILES string of the molecule is COc1ccc(S(=O)(=O)N2CCCCC2)cc1NC(=O)c1cc(SC)ccc1Cl. The molecule has 29 heavy (non-hydrogen) atoms. The standard InChI is InChI=1S/C20H23ClN2O4S2/c1-27-19-9-7-15(29(25,26)23-10-4-3-5-11-23)13-18(19)22-20(24)16-12-14(28-2)6-8-17(16)21/h6-9,12-13H,3-5,10-11H2,1-2H3,(H,22,24). The Morgan fingerprint density at radius 2 is 1.86 bits per heavy atom. The lowest BCUT2D eigenvalue weighted by Crippen LogP contribution is -2.35. The molecule has 0 aromatic heterocycles. The Labute approximate surface area is 180 Å². The molecule has 1 heterocycles. The number of ether oxygens (including phenoxy) is 1. The second-order valence-electron chi connectivity index (χ2n) is 6.63. The fourth-order valence-electron chi connectivity index (χ4n) is 3.19. The van der Waals surface area contributed by atoms with Gasteiger partial charge in [-0.05, 0) is 55.5 Å². The van der Waals surface area contributed by atoms with E-state index >= 15 is 0 Å². The van der Waals surface area contributed by atoms with E-state index in [2.05, 4.69) is 5.32 Å². The van der Waals surface area contributed by atoms with E-state index in [9.17, 15) is 13.2 Å². The van der Waals surface area contributed by atoms with Gasteiger partial charge in [0, 0.05) is 18.0 Å². The summed E-state index contributed by atoms with van der Waals surface area (Å²) >= 11 is 7.69. The molecular formula is C20H23ClN2O4S2. The molecule has 0 spiro atoms. The van der Waals surface area contributed by atoms with E-state index in [1.165, 1.54) is 35.3 Å². The summed E-state index contributed by atoms with van der Waals surface area (Å²) in [5.74, 6) is -0.0650. The molecule has 1 aliphatic rings. The number of rotatable bonds is 6. The lowest BCUT2D eigenvalue weighted by atomic mass is 10.2. The zero-order chi connectivity index (χ0) is 21.0. The number of benzene rings is 2. The highest BCUT2D eigenvalue weighted by molar-refractivity contribution is 7.98. The molecule has 0 saturated carbocycles. The number of halogens is 1. The van der Waals surface area contributed by atoms with Crippen LogP contribution in [0.4, 0.5) is 5.69 Å². The smallest absolute Gasteiger partial charge is 0.257 e. The third kappa shape index (κ3) is 4.88. The quantitative estimate of drug-likeness (QED) is 0.650. The van der Waals surface area contributed by atoms with Crippen molar-refractivity contribution >= 4 is 45.0 Å². The van der Waals surface area contributed by atoms with E-state index in [-0.39, 0.29) is 10.6 Å². The summed E-state index contributed by atoms with van der Waals surface area (Å²) in [4.78, 5) is 13.8. The van der Waals surface area contributed by atoms with Crippen LogP contribution < -0.4 is 10.1 Å². The third-order valence-corrected chi connectivity index (χ3v) is 7.74. The number of methoxy groups -OCH3 is 1. The van der Waals surface area contributed by atoms with Crippen molar-refractivity contribution < 1.29 is 17.9 Å². The number of thioether (sulfide) groups is 1. The van der Waals surface area contributed by atoms with Crippen LogP contribution in [0.2, 0.25) is 5.02 Å². The van der Waals surface area contributed by atoms with Crippen LogP contribution in [0.3, 0.4) is 0 Å². The summed E-state index contributed by atoms with van der Waals surface area (Å²) in [7, 11) is -2.17. The first-order valence-electron chi connectivity index (χ1n) is 9.20. The molecule has 1 N–H and O–H groups in total. The van der Waals surface area contributed by atoms with E-state index in [0.717, 1.165) is 24.2 Å². The van der Waals surface area contributed by atoms with Crippen LogP contribution in [-0.2, 0) is 10.0 Å². The number of hydrogen-bond acceptors (Lipinski definition) is 5. The first-order chi connectivity index (χ1) is 13.9. The topological polar surface area (TPSA) is 75.7 Å². The molecule has 2 aromatic rings. The molecule has 0 aliphatic carbocycles. The predicted octanol–water partition coefficient (Wildman–Crippen LogP) is 4.50. The van der Waals surface area contributed by atoms with E-state index in [1.54, 1.807) is 18.2 Å². The minimum atomic E-state index is -3.63. The van der Waals surface area contributed by atoms with Crippen LogP contribution in [0.5, 0.6) is 5.75 Å². The number of amides is 1. The van der Waals surface area contributed by atoms with Gasteiger partial charge in [0.05, 0.1) is 28.3 Å². The highest BCUT2D eigenvalue weighted by atomic mass is 35.5. The van der Waals surface area contributed by atoms with Crippen molar-refractivity contribution in [2.75, 3.05) is 31.8 Å². The molecule has 156 valence electrons. The molecule has 1 saturated heterocycles. The molecule has 1 aliphatic heterocycles. The highest BCUT2D eigenvalue weighted by Crippen LogP contribution is 2.31. The maximum absolute atomic E-state index is 13.0. The summed E-state index contributed by atoms with van der Waals surface area (Å²) in [6, 6.07) is 9.68. The molecule has 3 rings (SSSR count). The average molecular weight is 455 g/mol. The van der Waals surface area contributed by atoms with Gasteiger partial charge in [0.25, 0.3) is 5.91 Å². The molecule has 1 fully saturated rings. The van der Waals surface area contributed by atoms with Gasteiger partial charge in [-0.15, -0.1) is 11.8 Å². The van der Waals surface area contributed by atoms with Gasteiger partial charge in [0.15, 0.2) is 0 Å². The molecular weight excluding hydrogens is 432 g/mol. The van der Waals surface area contributed by atoms with Gasteiger partial charge >= 0.3 is 0 Å². The monoisotopic (exact) mass is 454 g/mol. The van der Waals surface area contributed by atoms with Gasteiger partial charge in [-0.25, -0.2) is 8.42 Å². The van der Waals surface area contributed by atoms with Gasteiger partial charge in [-0.3, -0.25) is 4.79 Å². The normalized spacial score (nSPS) is 15.1. The zero-order valence-electron chi connectivity index (χ0n) is 16.3. The lowest BCUT2D eigenvalue weighted by molar-refractivity contribution is 0.102. The van der Waals surface area contributed by atoms with Gasteiger partial charge in [0.1, 0.15) is 5.75 Å². The number of nitrogens with zero attached hydrogens (tertiary/aromatic N) is 1. The second kappa shape index (κ2) is 9.38. The molecule has 0 radical (unpaired) electrons. The van der Waals surface area contributed by atoms with Gasteiger partial charge in [-0.2, -0.15) is 4.31 Å². The number of anilines is 1. The van der Waals surface area contributed by atoms with E-state index < -0.39 is 15.9 Å². The van der Waals surface area contributed by atoms with Crippen molar-refractivity contribution in [3.63, 3.8) is 0 Å². The number of piperidine rings is 1. The van der Waals surface area contributed by atoms with Crippen LogP contribution in [0.15, 0.2) is 46.2 Å². The van der Waals surface area contributed by atoms with E-state index in [0.29, 0.717) is 29.4 Å². The van der Waals surface area contributed by atoms with Crippen molar-refractivity contribution in [3.8, 4) is 5.75 Å². The number of nitrogens with one attached hydrogen (secondary N) is 1. The fourth-order valence-corrected chi connectivity index (χ4v) is 5.38. The largest absolute Gasteiger partial charge is 0.495 e. The summed E-state index contributed by atoms with van der Waals surface area (Å²) in [6.45, 7) is 1.01. The molecule has 0 unspecified atom stereocenters. The Morgan fingerprint density at radius 1 is 1.14 bits per heavy atom. The number of carbonyl (C=O) groups is 1. The summed E-state index contributed by atoms with van der Waals surface area (Å²) in [6.07, 6.45) is 4.64. The highest BCUT2D eigenvalue weighted by Gasteiger charge is 2.27. The van der Waals surface area contributed by atoms with Crippen LogP contribution in [0, 0.1) is 0 Å². The van der Waals surface area contributed by atoms with E-state index in [1.807, 2.05) is 12.3 Å². The molecule has 0 bridgehead atoms. The molecule has 1 amide bonds. The van der Waals surface area contributed by atoms with Crippen molar-refractivity contribution in [2.45, 2.75) is 29.1 Å². The Balaban J connectivity index is 1.93. The Morgan fingerprint density at radius 3 is 2.52 bits per heavy atom. The molecule has 9 heteroatoms. The number of sulfonamides is 1. The first kappa shape index (κ1) is 22.0. The third-order valence-electron chi connectivity index (χ3n) is 4.79. The van der Waals surface area contributed by atoms with Gasteiger partial charge < -0.3 is 10.1 Å². The number of hydrogen-bond donors (Lipinski definition) is 1. The first-order valence-corrected chi connectivity index (χ1v) is 12.2. The van der Waals surface area contributed by atoms with Crippen molar-refractivity contribution in [1.82, 2.24) is 4.31 Å². The molecule has 6 nitrogen and oxygen atoms in total. The predicted molar refractivity (Wildman–Crippen MR) is 117 cm³/mol. The van der Waals surface area contributed by atoms with Crippen LogP contribution >= 0.6 is 23.4 Å². The van der Waals surface area contributed by atoms with Gasteiger partial charge in [-0.1, -0.05) is 18.0 Å². The van der Waals surface area contributed by atoms with Crippen molar-refractivity contribution in [3.05, 3.63) is 47.0 Å². The Kier molecular flexibility index (Phi) is 7.10. The van der Waals surface area contributed by atoms with Gasteiger partial charge in [0.2, 0.25) is 10.0 Å². The average Bonchev–Trinajstić information content (AvgIpc) is 2.74. The van der Waals surface area contributed by atoms with Crippen molar-refractivity contribution in [2.24, 2.45) is 0 Å². The lowest BCUT2D eigenvalue weighted by Gasteiger charge is -2.26. The molecule has 2 aromatic carbocycles. The summed E-state index contributed by atoms with van der Waals surface area (Å²) < 4.78 is 32.8. The maximum Gasteiger partial charge on any atom is 0.257 e. The Bertz CT molecular complexity index is 1010. The molecule has 0 atom stereocenters. The Hall–Kier alpha value is -1.74. The van der Waals surface area contributed by atoms with Crippen LogP contribution in [0.25, 0.3) is 0 Å². The van der Waals surface area contributed by atoms with Crippen molar-refractivity contribution in [1.29, 1.82) is 0 Å². The minimum Gasteiger partial charge on any atom is -0.495 e. The van der Waals surface area contributed by atoms with E-state index in [4.69, 9.17) is 16.3 Å². The minimum absolute atomic E-state index is 0.125.